The summed E-state index contributed by atoms with van der Waals surface area (Å²) in [6, 6.07) is 13.2. The van der Waals surface area contributed by atoms with E-state index in [-0.39, 0.29) is 0 Å². The number of urea groups is 1. The van der Waals surface area contributed by atoms with E-state index in [1.165, 1.54) is 19.4 Å². The average molecular weight is 331 g/mol. The van der Waals surface area contributed by atoms with E-state index in [9.17, 15) is 9.59 Å². The average Bonchev–Trinajstić information content (AvgIpc) is 2.56. The van der Waals surface area contributed by atoms with Crippen molar-refractivity contribution in [2.45, 2.75) is 0 Å². The molecule has 0 fully saturated rings. The number of anilines is 1. The number of ether oxygens (including phenoxy) is 1. The first-order valence-electron chi connectivity index (χ1n) is 6.76. The zero-order chi connectivity index (χ0) is 16.7. The summed E-state index contributed by atoms with van der Waals surface area (Å²) in [7, 11) is 1.30. The zero-order valence-electron chi connectivity index (χ0n) is 12.4. The van der Waals surface area contributed by atoms with Crippen molar-refractivity contribution in [2.24, 2.45) is 0 Å². The second-order valence-electron chi connectivity index (χ2n) is 4.56. The molecule has 0 radical (unpaired) electrons. The third-order valence-electron chi connectivity index (χ3n) is 2.90. The lowest BCUT2D eigenvalue weighted by atomic mass is 10.2. The zero-order valence-corrected chi connectivity index (χ0v) is 13.1. The molecule has 118 valence electrons. The van der Waals surface area contributed by atoms with Crippen LogP contribution in [-0.4, -0.2) is 19.1 Å². The largest absolute Gasteiger partial charge is 0.465 e. The van der Waals surface area contributed by atoms with Crippen LogP contribution in [-0.2, 0) is 4.74 Å². The molecule has 0 heterocycles. The molecule has 0 aliphatic carbocycles. The Bertz CT molecular complexity index is 727. The van der Waals surface area contributed by atoms with Crippen LogP contribution in [0.1, 0.15) is 15.9 Å². The third kappa shape index (κ3) is 5.16. The second-order valence-corrected chi connectivity index (χ2v) is 4.99. The molecule has 0 saturated carbocycles. The Morgan fingerprint density at radius 3 is 2.57 bits per heavy atom. The van der Waals surface area contributed by atoms with Crippen LogP contribution in [0.4, 0.5) is 10.5 Å². The Morgan fingerprint density at radius 1 is 1.13 bits per heavy atom. The molecule has 0 spiro atoms. The first kappa shape index (κ1) is 16.6. The fourth-order valence-electron chi connectivity index (χ4n) is 1.80. The van der Waals surface area contributed by atoms with E-state index in [2.05, 4.69) is 15.4 Å². The number of amides is 2. The van der Waals surface area contributed by atoms with Gasteiger partial charge in [0, 0.05) is 16.9 Å². The van der Waals surface area contributed by atoms with Gasteiger partial charge >= 0.3 is 12.0 Å². The number of esters is 1. The number of hydrogen-bond donors (Lipinski definition) is 2. The van der Waals surface area contributed by atoms with Gasteiger partial charge in [-0.15, -0.1) is 0 Å². The maximum absolute atomic E-state index is 11.8. The predicted molar refractivity (Wildman–Crippen MR) is 90.4 cm³/mol. The Hall–Kier alpha value is -2.79. The van der Waals surface area contributed by atoms with Crippen LogP contribution in [0.5, 0.6) is 0 Å². The Morgan fingerprint density at radius 2 is 1.87 bits per heavy atom. The number of carbonyl (C=O) groups is 2. The smallest absolute Gasteiger partial charge is 0.337 e. The topological polar surface area (TPSA) is 67.4 Å². The monoisotopic (exact) mass is 330 g/mol. The highest BCUT2D eigenvalue weighted by Crippen LogP contribution is 2.12. The van der Waals surface area contributed by atoms with Crippen LogP contribution in [0.25, 0.3) is 6.08 Å². The second kappa shape index (κ2) is 8.00. The number of hydrogen-bond acceptors (Lipinski definition) is 3. The molecule has 2 aromatic rings. The highest BCUT2D eigenvalue weighted by molar-refractivity contribution is 6.30. The van der Waals surface area contributed by atoms with Crippen molar-refractivity contribution >= 4 is 35.4 Å². The third-order valence-corrected chi connectivity index (χ3v) is 3.15. The van der Waals surface area contributed by atoms with E-state index in [4.69, 9.17) is 11.6 Å². The lowest BCUT2D eigenvalue weighted by molar-refractivity contribution is 0.0600. The molecule has 2 aromatic carbocycles. The predicted octanol–water partition coefficient (Wildman–Crippen LogP) is 3.92. The lowest BCUT2D eigenvalue weighted by Crippen LogP contribution is -2.23. The van der Waals surface area contributed by atoms with E-state index in [1.807, 2.05) is 12.1 Å². The highest BCUT2D eigenvalue weighted by Gasteiger charge is 2.06. The summed E-state index contributed by atoms with van der Waals surface area (Å²) < 4.78 is 4.63. The number of methoxy groups -OCH3 is 1. The van der Waals surface area contributed by atoms with Crippen LogP contribution in [0.15, 0.2) is 54.7 Å². The van der Waals surface area contributed by atoms with Crippen LogP contribution in [0.2, 0.25) is 5.02 Å². The molecular weight excluding hydrogens is 316 g/mol. The molecule has 0 atom stereocenters. The molecule has 0 aliphatic heterocycles. The summed E-state index contributed by atoms with van der Waals surface area (Å²) in [4.78, 5) is 23.2. The minimum atomic E-state index is -0.461. The van der Waals surface area contributed by atoms with Crippen LogP contribution >= 0.6 is 11.6 Å². The van der Waals surface area contributed by atoms with E-state index in [0.29, 0.717) is 16.3 Å². The SMILES string of the molecule is COC(=O)c1cccc(NC(=O)N/C=C/c2ccc(Cl)cc2)c1. The first-order chi connectivity index (χ1) is 11.1. The van der Waals surface area contributed by atoms with Gasteiger partial charge in [-0.25, -0.2) is 9.59 Å². The molecule has 2 N–H and O–H groups in total. The minimum Gasteiger partial charge on any atom is -0.465 e. The van der Waals surface area contributed by atoms with Gasteiger partial charge in [0.2, 0.25) is 0 Å². The van der Waals surface area contributed by atoms with E-state index in [0.717, 1.165) is 5.56 Å². The molecule has 0 aliphatic rings. The number of nitrogens with one attached hydrogen (secondary N) is 2. The van der Waals surface area contributed by atoms with E-state index >= 15 is 0 Å². The molecule has 2 rings (SSSR count). The maximum Gasteiger partial charge on any atom is 0.337 e. The summed E-state index contributed by atoms with van der Waals surface area (Å²) in [6.45, 7) is 0. The fourth-order valence-corrected chi connectivity index (χ4v) is 1.92. The number of carbonyl (C=O) groups excluding carboxylic acids is 2. The molecule has 6 heteroatoms. The number of halogens is 1. The van der Waals surface area contributed by atoms with Crippen LogP contribution < -0.4 is 10.6 Å². The quantitative estimate of drug-likeness (QED) is 0.835. The molecule has 23 heavy (non-hydrogen) atoms. The van der Waals surface area contributed by atoms with E-state index < -0.39 is 12.0 Å². The van der Waals surface area contributed by atoms with Crippen molar-refractivity contribution in [1.29, 1.82) is 0 Å². The van der Waals surface area contributed by atoms with Gasteiger partial charge in [0.05, 0.1) is 12.7 Å². The minimum absolute atomic E-state index is 0.363. The van der Waals surface area contributed by atoms with Gasteiger partial charge in [-0.3, -0.25) is 0 Å². The highest BCUT2D eigenvalue weighted by atomic mass is 35.5. The Balaban J connectivity index is 1.92. The summed E-state index contributed by atoms with van der Waals surface area (Å²) in [5, 5.41) is 5.85. The molecule has 0 aromatic heterocycles. The van der Waals surface area contributed by atoms with Gasteiger partial charge < -0.3 is 15.4 Å². The van der Waals surface area contributed by atoms with Crippen molar-refractivity contribution in [3.8, 4) is 0 Å². The summed E-state index contributed by atoms with van der Waals surface area (Å²) in [5.41, 5.74) is 1.76. The van der Waals surface area contributed by atoms with Crippen molar-refractivity contribution in [2.75, 3.05) is 12.4 Å². The van der Waals surface area contributed by atoms with Gasteiger partial charge in [0.25, 0.3) is 0 Å². The summed E-state index contributed by atoms with van der Waals surface area (Å²) in [5.74, 6) is -0.461. The van der Waals surface area contributed by atoms with Crippen molar-refractivity contribution in [3.05, 3.63) is 70.9 Å². The molecule has 0 saturated heterocycles. The Kier molecular flexibility index (Phi) is 5.77. The van der Waals surface area contributed by atoms with Gasteiger partial charge in [-0.1, -0.05) is 29.8 Å². The van der Waals surface area contributed by atoms with Gasteiger partial charge in [0.15, 0.2) is 0 Å². The van der Waals surface area contributed by atoms with Crippen LogP contribution in [0.3, 0.4) is 0 Å². The van der Waals surface area contributed by atoms with Crippen molar-refractivity contribution < 1.29 is 14.3 Å². The molecule has 5 nitrogen and oxygen atoms in total. The van der Waals surface area contributed by atoms with Gasteiger partial charge in [-0.05, 0) is 42.0 Å². The first-order valence-corrected chi connectivity index (χ1v) is 7.14. The number of benzene rings is 2. The maximum atomic E-state index is 11.8. The normalized spacial score (nSPS) is 10.3. The molecule has 2 amide bonds. The van der Waals surface area contributed by atoms with E-state index in [1.54, 1.807) is 36.4 Å². The van der Waals surface area contributed by atoms with Crippen molar-refractivity contribution in [1.82, 2.24) is 5.32 Å². The Labute approximate surface area is 138 Å². The number of rotatable bonds is 4. The van der Waals surface area contributed by atoms with Gasteiger partial charge in [-0.2, -0.15) is 0 Å². The molecule has 0 bridgehead atoms. The molecular formula is C17H15ClN2O3. The summed E-state index contributed by atoms with van der Waals surface area (Å²) in [6.07, 6.45) is 3.25. The summed E-state index contributed by atoms with van der Waals surface area (Å²) >= 11 is 5.80. The standard InChI is InChI=1S/C17H15ClN2O3/c1-23-16(21)13-3-2-4-15(11-13)20-17(22)19-10-9-12-5-7-14(18)8-6-12/h2-11H,1H3,(H2,19,20,22)/b10-9+. The van der Waals surface area contributed by atoms with Crippen LogP contribution in [0, 0.1) is 0 Å². The van der Waals surface area contributed by atoms with Crippen molar-refractivity contribution in [3.63, 3.8) is 0 Å². The fraction of sp³-hybridized carbons (Fsp3) is 0.0588. The molecule has 0 unspecified atom stereocenters. The van der Waals surface area contributed by atoms with Gasteiger partial charge in [0.1, 0.15) is 0 Å². The lowest BCUT2D eigenvalue weighted by Gasteiger charge is -2.06.